The number of amides is 2. The molecule has 0 spiro atoms. The largest absolute Gasteiger partial charge is 1.00 e. The van der Waals surface area contributed by atoms with Crippen molar-refractivity contribution >= 4 is 71.0 Å². The number of carbonyl (C=O) groups excluding carboxylic acids is 7. The molecule has 0 aliphatic carbocycles. The minimum atomic E-state index is -2.32. The Hall–Kier alpha value is -12.3. The third kappa shape index (κ3) is 24.6. The van der Waals surface area contributed by atoms with E-state index in [1.807, 2.05) is 19.6 Å². The van der Waals surface area contributed by atoms with Crippen LogP contribution < -0.4 is 59.1 Å². The zero-order valence-electron chi connectivity index (χ0n) is 50.8. The van der Waals surface area contributed by atoms with E-state index >= 15 is 0 Å². The summed E-state index contributed by atoms with van der Waals surface area (Å²) in [6.07, 6.45) is -1.40. The van der Waals surface area contributed by atoms with Crippen LogP contribution in [0.15, 0.2) is 20.5 Å². The molecule has 0 bridgehead atoms. The Balaban J connectivity index is -0.000000391. The molecule has 59 heteroatoms. The van der Waals surface area contributed by atoms with Crippen LogP contribution in [0.2, 0.25) is 0 Å². The van der Waals surface area contributed by atoms with Crippen molar-refractivity contribution in [2.75, 3.05) is 14.2 Å². The summed E-state index contributed by atoms with van der Waals surface area (Å²) in [5.74, 6) is -63.8. The summed E-state index contributed by atoms with van der Waals surface area (Å²) in [4.78, 5) is 101. The molecule has 1 aliphatic heterocycles. The number of methoxy groups -OCH3 is 2. The molecule has 109 heavy (non-hydrogen) atoms. The van der Waals surface area contributed by atoms with Gasteiger partial charge in [0.25, 0.3) is 11.8 Å². The van der Waals surface area contributed by atoms with E-state index in [9.17, 15) is 153 Å². The topological polar surface area (TPSA) is 500 Å². The molecule has 0 atom stereocenters. The van der Waals surface area contributed by atoms with Gasteiger partial charge in [-0.2, -0.15) is 0 Å². The van der Waals surface area contributed by atoms with Gasteiger partial charge in [-0.3, -0.25) is 29.0 Å². The maximum absolute atomic E-state index is 13.7. The summed E-state index contributed by atoms with van der Waals surface area (Å²) in [5.41, 5.74) is 43.1. The van der Waals surface area contributed by atoms with Crippen molar-refractivity contribution in [1.82, 2.24) is 5.06 Å². The van der Waals surface area contributed by atoms with Gasteiger partial charge in [0.15, 0.2) is 152 Å². The average molecular weight is 1620 g/mol. The monoisotopic (exact) mass is 1620 g/mol. The van der Waals surface area contributed by atoms with Crippen LogP contribution in [0.3, 0.4) is 0 Å². The molecule has 6 aromatic rings. The number of halogens is 26. The van der Waals surface area contributed by atoms with E-state index in [0.29, 0.717) is 0 Å². The van der Waals surface area contributed by atoms with Crippen LogP contribution in [0.4, 0.5) is 137 Å². The minimum absolute atomic E-state index is 0. The Labute approximate surface area is 625 Å². The van der Waals surface area contributed by atoms with Crippen LogP contribution in [0.1, 0.15) is 89.8 Å². The number of ether oxygens (including phenoxy) is 2. The molecular weight excluding hydrogens is 1600 g/mol. The molecule has 0 saturated carbocycles. The van der Waals surface area contributed by atoms with E-state index in [0.717, 1.165) is 14.2 Å². The van der Waals surface area contributed by atoms with E-state index in [1.165, 1.54) is 9.82 Å². The van der Waals surface area contributed by atoms with Crippen molar-refractivity contribution in [3.8, 4) is 0 Å². The van der Waals surface area contributed by atoms with Crippen molar-refractivity contribution in [1.29, 1.82) is 0 Å². The number of rotatable bonds is 11. The van der Waals surface area contributed by atoms with Gasteiger partial charge in [0.2, 0.25) is 11.6 Å². The van der Waals surface area contributed by atoms with E-state index in [1.54, 1.807) is 0 Å². The molecule has 1 fully saturated rings. The predicted molar refractivity (Wildman–Crippen MR) is 293 cm³/mol. The number of azide groups is 4. The van der Waals surface area contributed by atoms with Crippen molar-refractivity contribution in [3.63, 3.8) is 0 Å². The fourth-order valence-corrected chi connectivity index (χ4v) is 6.18. The van der Waals surface area contributed by atoms with Crippen LogP contribution in [0.5, 0.6) is 0 Å². The molecule has 1 saturated heterocycles. The number of benzene rings is 6. The second kappa shape index (κ2) is 48.0. The Morgan fingerprint density at radius 1 is 0.339 bits per heavy atom. The van der Waals surface area contributed by atoms with Crippen LogP contribution in [0, 0.1) is 151 Å². The van der Waals surface area contributed by atoms with Gasteiger partial charge in [-0.25, -0.2) is 133 Å². The number of hydrogen-bond donors (Lipinski definition) is 1. The van der Waals surface area contributed by atoms with Crippen LogP contribution >= 0.6 is 0 Å². The number of hydrogen-bond acceptors (Lipinski definition) is 15. The molecule has 0 radical (unpaired) electrons. The Morgan fingerprint density at radius 2 is 0.514 bits per heavy atom. The van der Waals surface area contributed by atoms with Gasteiger partial charge in [-0.05, 0) is 22.1 Å². The fourth-order valence-electron chi connectivity index (χ4n) is 6.18. The van der Waals surface area contributed by atoms with E-state index < -0.39 is 249 Å². The predicted octanol–water partition coefficient (Wildman–Crippen LogP) is 12.6. The molecule has 31 nitrogen and oxygen atoms in total. The second-order valence-electron chi connectivity index (χ2n) is 16.3. The number of esters is 2. The molecule has 1 heterocycles. The first-order chi connectivity index (χ1) is 48.9. The van der Waals surface area contributed by atoms with Crippen molar-refractivity contribution < 1.29 is 231 Å². The van der Waals surface area contributed by atoms with Gasteiger partial charge in [0.1, 0.15) is 45.0 Å². The summed E-state index contributed by atoms with van der Waals surface area (Å²) < 4.78 is 343. The number of nitrogens with zero attached hydrogens (tertiary/aromatic N) is 19. The summed E-state index contributed by atoms with van der Waals surface area (Å²) >= 11 is 0. The Bertz CT molecular complexity index is 4610. The molecule has 572 valence electrons. The maximum atomic E-state index is 13.7. The first kappa shape index (κ1) is 105. The van der Waals surface area contributed by atoms with Gasteiger partial charge in [-0.1, -0.05) is 35.3 Å². The molecule has 1 N–H and O–H groups in total. The zero-order valence-corrected chi connectivity index (χ0v) is 54.8. The summed E-state index contributed by atoms with van der Waals surface area (Å²) in [6, 6.07) is 0. The minimum Gasteiger partial charge on any atom is -0.477 e. The summed E-state index contributed by atoms with van der Waals surface area (Å²) in [6.45, 7) is 0. The standard InChI is InChI=1S/C11H4F4N4O4.C8H3F5O2.C8H3F4N3O2.C7HF5O.C7HF4N3O2.C7HF4N3O.2CH4.2N3.2Na/c12-6-5(7(13)9(15)10(8(6)14)17-18-16)11(22)23-19-3(20)1-2-4(19)21;1-15-8(14)2-3(9)5(11)7(13)6(12)4(2)10;1-17-8(16)2-3(9)5(11)7(14-15-13)6(12)4(2)10;8-3-2(1-13)4(9)6(11)7(12)5(3)10;8-2-1(7(15)16)3(9)5(11)6(4(2)10)13-14-12;8-3-2(1-15)4(9)6(11)7(5(3)10)13-14-12;;;2*1-3-2;;/h1-2H2;1H3;1H3;1H;(H,15,16);1H;2*1H4;;;;/q;;;;;;;;2*-1;2*+1. The fraction of sp³-hybridized carbons (Fsp3) is 0.120. The quantitative estimate of drug-likeness (QED) is 0.0121. The molecule has 2 amide bonds. The Kier molecular flexibility index (Phi) is 46.4. The van der Waals surface area contributed by atoms with Crippen LogP contribution in [0.25, 0.3) is 73.7 Å². The molecule has 6 aromatic carbocycles. The normalized spacial score (nSPS) is 10.0. The van der Waals surface area contributed by atoms with Gasteiger partial charge >= 0.3 is 83.0 Å². The third-order valence-corrected chi connectivity index (χ3v) is 10.6. The number of carboxylic acid groups (broad SMARTS) is 1. The molecule has 0 aromatic heterocycles. The van der Waals surface area contributed by atoms with Crippen LogP contribution in [-0.4, -0.2) is 72.7 Å². The van der Waals surface area contributed by atoms with E-state index in [2.05, 4.69) is 34.8 Å². The zero-order chi connectivity index (χ0) is 81.8. The smallest absolute Gasteiger partial charge is 0.477 e. The first-order valence-corrected chi connectivity index (χ1v) is 24.0. The number of carbonyl (C=O) groups is 8. The number of aromatic carboxylic acids is 1. The SMILES string of the molecule is C.C.COC(=O)c1c(F)c(F)c(F)c(F)c1F.COC(=O)c1c(F)c(F)c(N=[N+]=[N-])c(F)c1F.O=Cc1c(F)c(F)c(F)c(F)c1F.[N-]=[N+]=Nc1c(F)c(F)c(C(=O)O)c(F)c1F.[N-]=[N+]=Nc1c(F)c(F)c(C(=O)ON2C(=O)CCC2=O)c(F)c1F.[N-]=[N+]=Nc1c(F)c(F)c(C=O)c(F)c1F.[N-]=[N+]=[N-].[N-]=[N+]=[N-].[Na+].[Na+]. The van der Waals surface area contributed by atoms with Gasteiger partial charge in [-0.15, -0.1) is 5.06 Å². The number of imide groups is 1. The third-order valence-electron chi connectivity index (χ3n) is 10.6. The number of carboxylic acids is 1. The number of aldehydes is 2. The molecule has 7 rings (SSSR count). The summed E-state index contributed by atoms with van der Waals surface area (Å²) in [5, 5.41) is 18.0. The first-order valence-electron chi connectivity index (χ1n) is 24.0. The van der Waals surface area contributed by atoms with Gasteiger partial charge < -0.3 is 41.5 Å². The van der Waals surface area contributed by atoms with Gasteiger partial charge in [0, 0.05) is 32.5 Å². The van der Waals surface area contributed by atoms with Crippen molar-refractivity contribution in [2.45, 2.75) is 27.7 Å². The maximum Gasteiger partial charge on any atom is 1.00 e. The van der Waals surface area contributed by atoms with Crippen molar-refractivity contribution in [3.05, 3.63) is 258 Å². The van der Waals surface area contributed by atoms with E-state index in [4.69, 9.17) is 49.4 Å². The number of hydroxylamine groups is 2. The van der Waals surface area contributed by atoms with Crippen molar-refractivity contribution in [2.24, 2.45) is 20.5 Å². The second-order valence-corrected chi connectivity index (χ2v) is 16.3. The van der Waals surface area contributed by atoms with Gasteiger partial charge in [0.05, 0.1) is 25.3 Å². The Morgan fingerprint density at radius 3 is 0.716 bits per heavy atom. The van der Waals surface area contributed by atoms with Crippen LogP contribution in [-0.2, 0) is 23.9 Å². The summed E-state index contributed by atoms with van der Waals surface area (Å²) in [7, 11) is 1.53. The molecule has 1 aliphatic rings. The average Bonchev–Trinajstić information content (AvgIpc) is 1.56. The molecule has 0 unspecified atom stereocenters. The van der Waals surface area contributed by atoms with E-state index in [-0.39, 0.29) is 98.2 Å². The molecular formula is C50H21F26N19Na2O12.